The number of fused-ring (bicyclic) bond motifs is 2. The van der Waals surface area contributed by atoms with Crippen LogP contribution < -0.4 is 10.1 Å². The van der Waals surface area contributed by atoms with Crippen molar-refractivity contribution >= 4 is 16.8 Å². The van der Waals surface area contributed by atoms with E-state index in [1.54, 1.807) is 12.1 Å². The van der Waals surface area contributed by atoms with E-state index in [1.807, 2.05) is 54.7 Å². The lowest BCUT2D eigenvalue weighted by Crippen LogP contribution is -2.39. The Balaban J connectivity index is 1.42. The van der Waals surface area contributed by atoms with Gasteiger partial charge in [-0.15, -0.1) is 0 Å². The van der Waals surface area contributed by atoms with Crippen molar-refractivity contribution in [3.8, 4) is 22.6 Å². The minimum atomic E-state index is -0.434. The fourth-order valence-corrected chi connectivity index (χ4v) is 4.29. The third-order valence-electron chi connectivity index (χ3n) is 5.93. The summed E-state index contributed by atoms with van der Waals surface area (Å²) in [4.78, 5) is 16.5. The van der Waals surface area contributed by atoms with Gasteiger partial charge in [-0.25, -0.2) is 0 Å². The highest BCUT2D eigenvalue weighted by Crippen LogP contribution is 2.35. The fraction of sp³-hybridized carbons (Fsp3) is 0.192. The van der Waals surface area contributed by atoms with E-state index in [1.165, 1.54) is 0 Å². The number of rotatable bonds is 6. The average Bonchev–Trinajstić information content (AvgIpc) is 3.45. The molecular weight excluding hydrogens is 404 g/mol. The third-order valence-corrected chi connectivity index (χ3v) is 5.93. The molecule has 1 aliphatic rings. The first-order chi connectivity index (χ1) is 15.6. The summed E-state index contributed by atoms with van der Waals surface area (Å²) in [6.45, 7) is 0.360. The molecule has 0 saturated heterocycles. The van der Waals surface area contributed by atoms with E-state index >= 15 is 0 Å². The highest BCUT2D eigenvalue weighted by atomic mass is 16.5. The summed E-state index contributed by atoms with van der Waals surface area (Å²) in [5.74, 6) is 0.524. The Kier molecular flexibility index (Phi) is 5.29. The molecule has 5 rings (SSSR count). The van der Waals surface area contributed by atoms with Crippen molar-refractivity contribution in [3.63, 3.8) is 0 Å². The molecule has 2 heterocycles. The maximum absolute atomic E-state index is 13.3. The van der Waals surface area contributed by atoms with Crippen LogP contribution in [0, 0.1) is 0 Å². The quantitative estimate of drug-likeness (QED) is 0.376. The predicted octanol–water partition coefficient (Wildman–Crippen LogP) is 3.81. The number of nitrogens with one attached hydrogen (secondary N) is 2. The van der Waals surface area contributed by atoms with Gasteiger partial charge < -0.3 is 25.3 Å². The summed E-state index contributed by atoms with van der Waals surface area (Å²) >= 11 is 0. The lowest BCUT2D eigenvalue weighted by Gasteiger charge is -2.18. The Morgan fingerprint density at radius 3 is 2.72 bits per heavy atom. The molecule has 1 atom stereocenters. The molecule has 4 N–H and O–H groups in total. The number of benzene rings is 3. The Bertz CT molecular complexity index is 1280. The molecule has 0 unspecified atom stereocenters. The summed E-state index contributed by atoms with van der Waals surface area (Å²) in [6.07, 6.45) is 3.17. The molecule has 1 aromatic heterocycles. The van der Waals surface area contributed by atoms with Gasteiger partial charge >= 0.3 is 0 Å². The van der Waals surface area contributed by atoms with E-state index in [4.69, 9.17) is 4.74 Å². The van der Waals surface area contributed by atoms with Crippen molar-refractivity contribution in [2.24, 2.45) is 0 Å². The van der Waals surface area contributed by atoms with Crippen molar-refractivity contribution in [2.45, 2.75) is 18.9 Å². The van der Waals surface area contributed by atoms with Gasteiger partial charge in [-0.2, -0.15) is 0 Å². The summed E-state index contributed by atoms with van der Waals surface area (Å²) in [5, 5.41) is 23.6. The minimum absolute atomic E-state index is 0.175. The Labute approximate surface area is 185 Å². The zero-order valence-electron chi connectivity index (χ0n) is 17.5. The van der Waals surface area contributed by atoms with Gasteiger partial charge in [-0.3, -0.25) is 4.79 Å². The van der Waals surface area contributed by atoms with Crippen LogP contribution in [0.1, 0.15) is 21.5 Å². The highest BCUT2D eigenvalue weighted by Gasteiger charge is 2.24. The van der Waals surface area contributed by atoms with Crippen molar-refractivity contribution in [1.82, 2.24) is 10.3 Å². The van der Waals surface area contributed by atoms with E-state index in [0.717, 1.165) is 39.6 Å². The molecule has 32 heavy (non-hydrogen) atoms. The van der Waals surface area contributed by atoms with Gasteiger partial charge in [-0.05, 0) is 59.0 Å². The number of aromatic hydroxyl groups is 1. The van der Waals surface area contributed by atoms with E-state index in [2.05, 4.69) is 10.3 Å². The van der Waals surface area contributed by atoms with Crippen LogP contribution >= 0.6 is 0 Å². The van der Waals surface area contributed by atoms with Gasteiger partial charge in [-0.1, -0.05) is 30.3 Å². The Hall–Kier alpha value is -3.77. The number of carbonyl (C=O) groups is 1. The maximum Gasteiger partial charge on any atom is 0.255 e. The molecule has 0 fully saturated rings. The number of H-pyrrole nitrogens is 1. The second-order valence-electron chi connectivity index (χ2n) is 8.07. The van der Waals surface area contributed by atoms with Crippen molar-refractivity contribution in [2.75, 3.05) is 13.2 Å². The van der Waals surface area contributed by atoms with Gasteiger partial charge in [0.1, 0.15) is 11.5 Å². The second-order valence-corrected chi connectivity index (χ2v) is 8.07. The SMILES string of the molecule is O=C(N[C@@H](CO)Cc1c[nH]c2ccccc12)c1cc(-c2ccc(O)cc2)cc2c1OCC2. The van der Waals surface area contributed by atoms with Crippen LogP contribution in [0.25, 0.3) is 22.0 Å². The van der Waals surface area contributed by atoms with Crippen LogP contribution in [0.3, 0.4) is 0 Å². The van der Waals surface area contributed by atoms with Gasteiger partial charge in [0, 0.05) is 23.5 Å². The van der Waals surface area contributed by atoms with Crippen LogP contribution in [0.2, 0.25) is 0 Å². The van der Waals surface area contributed by atoms with Crippen LogP contribution in [0.15, 0.2) is 66.9 Å². The number of para-hydroxylation sites is 1. The van der Waals surface area contributed by atoms with E-state index in [-0.39, 0.29) is 18.3 Å². The van der Waals surface area contributed by atoms with Crippen molar-refractivity contribution < 1.29 is 19.7 Å². The van der Waals surface area contributed by atoms with Gasteiger partial charge in [0.05, 0.1) is 24.8 Å². The van der Waals surface area contributed by atoms with Gasteiger partial charge in [0.25, 0.3) is 5.91 Å². The van der Waals surface area contributed by atoms with Crippen LogP contribution in [-0.2, 0) is 12.8 Å². The standard InChI is InChI=1S/C26H24N2O4/c29-15-20(12-19-14-27-24-4-2-1-3-22(19)24)28-26(31)23-13-18(11-17-9-10-32-25(17)23)16-5-7-21(30)8-6-16/h1-8,11,13-14,20,27,29-30H,9-10,12,15H2,(H,28,31)/t20-/m1/s1. The monoisotopic (exact) mass is 428 g/mol. The van der Waals surface area contributed by atoms with Crippen LogP contribution in [0.4, 0.5) is 0 Å². The summed E-state index contributed by atoms with van der Waals surface area (Å²) in [6, 6.07) is 18.3. The minimum Gasteiger partial charge on any atom is -0.508 e. The number of aliphatic hydroxyl groups is 1. The fourth-order valence-electron chi connectivity index (χ4n) is 4.29. The van der Waals surface area contributed by atoms with E-state index in [9.17, 15) is 15.0 Å². The number of phenolic OH excluding ortho intramolecular Hbond substituents is 1. The molecule has 0 bridgehead atoms. The molecule has 4 aromatic rings. The number of amides is 1. The number of carbonyl (C=O) groups excluding carboxylic acids is 1. The zero-order valence-corrected chi connectivity index (χ0v) is 17.5. The highest BCUT2D eigenvalue weighted by molar-refractivity contribution is 5.99. The number of aliphatic hydroxyl groups excluding tert-OH is 1. The lowest BCUT2D eigenvalue weighted by molar-refractivity contribution is 0.0913. The number of ether oxygens (including phenoxy) is 1. The first-order valence-electron chi connectivity index (χ1n) is 10.7. The lowest BCUT2D eigenvalue weighted by atomic mass is 9.97. The maximum atomic E-state index is 13.3. The van der Waals surface area contributed by atoms with Gasteiger partial charge in [0.15, 0.2) is 0 Å². The zero-order chi connectivity index (χ0) is 22.1. The van der Waals surface area contributed by atoms with E-state index < -0.39 is 6.04 Å². The molecule has 6 heteroatoms. The summed E-state index contributed by atoms with van der Waals surface area (Å²) in [7, 11) is 0. The molecule has 0 spiro atoms. The van der Waals surface area contributed by atoms with Crippen LogP contribution in [-0.4, -0.2) is 40.4 Å². The molecule has 1 aliphatic heterocycles. The van der Waals surface area contributed by atoms with Crippen molar-refractivity contribution in [1.29, 1.82) is 0 Å². The molecule has 0 aliphatic carbocycles. The second kappa shape index (κ2) is 8.40. The summed E-state index contributed by atoms with van der Waals surface area (Å²) in [5.41, 5.74) is 5.30. The molecule has 0 radical (unpaired) electrons. The molecule has 6 nitrogen and oxygen atoms in total. The molecule has 3 aromatic carbocycles. The third kappa shape index (κ3) is 3.81. The number of hydrogen-bond acceptors (Lipinski definition) is 4. The molecule has 1 amide bonds. The smallest absolute Gasteiger partial charge is 0.255 e. The number of phenols is 1. The Morgan fingerprint density at radius 1 is 1.09 bits per heavy atom. The normalized spacial score (nSPS) is 13.5. The largest absolute Gasteiger partial charge is 0.508 e. The molecular formula is C26H24N2O4. The van der Waals surface area contributed by atoms with Crippen molar-refractivity contribution in [3.05, 3.63) is 83.6 Å². The van der Waals surface area contributed by atoms with E-state index in [0.29, 0.717) is 24.3 Å². The first-order valence-corrected chi connectivity index (χ1v) is 10.7. The number of aromatic amines is 1. The topological polar surface area (TPSA) is 94.6 Å². The van der Waals surface area contributed by atoms with Gasteiger partial charge in [0.2, 0.25) is 0 Å². The number of hydrogen-bond donors (Lipinski definition) is 4. The predicted molar refractivity (Wildman–Crippen MR) is 123 cm³/mol. The average molecular weight is 428 g/mol. The molecule has 162 valence electrons. The summed E-state index contributed by atoms with van der Waals surface area (Å²) < 4.78 is 5.77. The first kappa shape index (κ1) is 20.2. The number of aromatic nitrogens is 1. The molecule has 0 saturated carbocycles. The Morgan fingerprint density at radius 2 is 1.91 bits per heavy atom. The van der Waals surface area contributed by atoms with Crippen LogP contribution in [0.5, 0.6) is 11.5 Å².